The van der Waals surface area contributed by atoms with Crippen LogP contribution in [0, 0.1) is 5.41 Å². The van der Waals surface area contributed by atoms with Gasteiger partial charge in [-0.15, -0.1) is 0 Å². The van der Waals surface area contributed by atoms with Crippen molar-refractivity contribution >= 4 is 5.91 Å². The van der Waals surface area contributed by atoms with Gasteiger partial charge in [-0.25, -0.2) is 0 Å². The van der Waals surface area contributed by atoms with Crippen LogP contribution in [-0.4, -0.2) is 37.0 Å². The summed E-state index contributed by atoms with van der Waals surface area (Å²) in [6, 6.07) is 0. The van der Waals surface area contributed by atoms with Crippen molar-refractivity contribution in [1.29, 1.82) is 0 Å². The summed E-state index contributed by atoms with van der Waals surface area (Å²) in [4.78, 5) is 14.2. The molecule has 0 saturated heterocycles. The van der Waals surface area contributed by atoms with Gasteiger partial charge in [-0.05, 0) is 26.9 Å². The van der Waals surface area contributed by atoms with Crippen LogP contribution in [0.5, 0.6) is 0 Å². The van der Waals surface area contributed by atoms with Crippen molar-refractivity contribution in [3.8, 4) is 0 Å². The van der Waals surface area contributed by atoms with E-state index >= 15 is 0 Å². The number of amides is 1. The summed E-state index contributed by atoms with van der Waals surface area (Å²) in [6.07, 6.45) is 6.30. The molecule has 100 valence electrons. The van der Waals surface area contributed by atoms with E-state index in [1.165, 1.54) is 32.1 Å². The molecule has 0 aromatic heterocycles. The summed E-state index contributed by atoms with van der Waals surface area (Å²) in [5.74, 6) is 0.157. The second-order valence-corrected chi connectivity index (χ2v) is 6.61. The van der Waals surface area contributed by atoms with E-state index in [1.807, 2.05) is 20.8 Å². The molecule has 0 heterocycles. The lowest BCUT2D eigenvalue weighted by molar-refractivity contribution is -0.129. The molecule has 1 N–H and O–H groups in total. The molecule has 0 unspecified atom stereocenters. The zero-order valence-corrected chi connectivity index (χ0v) is 12.1. The lowest BCUT2D eigenvalue weighted by Gasteiger charge is -2.43. The minimum absolute atomic E-state index is 0.157. The standard InChI is InChI=1S/C14H28N2O/c1-13(2,3)12(17)15-11-14(16(4)5)9-7-6-8-10-14/h6-11H2,1-5H3,(H,15,17). The van der Waals surface area contributed by atoms with Crippen LogP contribution in [0.3, 0.4) is 0 Å². The SMILES string of the molecule is CN(C)C1(CNC(=O)C(C)(C)C)CCCCC1. The van der Waals surface area contributed by atoms with E-state index in [0.29, 0.717) is 0 Å². The normalized spacial score (nSPS) is 20.4. The number of carbonyl (C=O) groups is 1. The topological polar surface area (TPSA) is 32.3 Å². The first-order valence-electron chi connectivity index (χ1n) is 6.74. The van der Waals surface area contributed by atoms with Crippen LogP contribution in [0.1, 0.15) is 52.9 Å². The minimum atomic E-state index is -0.290. The van der Waals surface area contributed by atoms with Gasteiger partial charge in [0.25, 0.3) is 0 Å². The highest BCUT2D eigenvalue weighted by atomic mass is 16.2. The molecule has 0 spiro atoms. The highest BCUT2D eigenvalue weighted by Crippen LogP contribution is 2.31. The second kappa shape index (κ2) is 5.38. The molecular weight excluding hydrogens is 212 g/mol. The molecule has 1 aliphatic rings. The Morgan fingerprint density at radius 3 is 2.12 bits per heavy atom. The number of nitrogens with one attached hydrogen (secondary N) is 1. The minimum Gasteiger partial charge on any atom is -0.354 e. The summed E-state index contributed by atoms with van der Waals surface area (Å²) in [5, 5.41) is 3.13. The Hall–Kier alpha value is -0.570. The molecule has 3 nitrogen and oxygen atoms in total. The fourth-order valence-corrected chi connectivity index (χ4v) is 2.50. The van der Waals surface area contributed by atoms with Gasteiger partial charge in [0.15, 0.2) is 0 Å². The van der Waals surface area contributed by atoms with Crippen molar-refractivity contribution in [2.75, 3.05) is 20.6 Å². The zero-order valence-electron chi connectivity index (χ0n) is 12.1. The largest absolute Gasteiger partial charge is 0.354 e. The molecule has 0 atom stereocenters. The van der Waals surface area contributed by atoms with Crippen LogP contribution in [0.25, 0.3) is 0 Å². The Balaban J connectivity index is 2.59. The van der Waals surface area contributed by atoms with E-state index in [2.05, 4.69) is 24.3 Å². The summed E-state index contributed by atoms with van der Waals surface area (Å²) in [6.45, 7) is 6.68. The van der Waals surface area contributed by atoms with Crippen molar-refractivity contribution in [2.24, 2.45) is 5.41 Å². The van der Waals surface area contributed by atoms with E-state index < -0.39 is 0 Å². The molecule has 1 rings (SSSR count). The first-order chi connectivity index (χ1) is 7.78. The average molecular weight is 240 g/mol. The smallest absolute Gasteiger partial charge is 0.225 e. The van der Waals surface area contributed by atoms with Crippen molar-refractivity contribution in [3.05, 3.63) is 0 Å². The maximum Gasteiger partial charge on any atom is 0.225 e. The predicted octanol–water partition coefficient (Wildman–Crippen LogP) is 2.41. The van der Waals surface area contributed by atoms with E-state index in [4.69, 9.17) is 0 Å². The van der Waals surface area contributed by atoms with Gasteiger partial charge < -0.3 is 10.2 Å². The van der Waals surface area contributed by atoms with Crippen molar-refractivity contribution < 1.29 is 4.79 Å². The van der Waals surface area contributed by atoms with Gasteiger partial charge in [-0.1, -0.05) is 40.0 Å². The fourth-order valence-electron chi connectivity index (χ4n) is 2.50. The van der Waals surface area contributed by atoms with E-state index in [0.717, 1.165) is 6.54 Å². The first kappa shape index (κ1) is 14.5. The van der Waals surface area contributed by atoms with Gasteiger partial charge in [0.05, 0.1) is 0 Å². The van der Waals surface area contributed by atoms with Crippen molar-refractivity contribution in [3.63, 3.8) is 0 Å². The number of hydrogen-bond donors (Lipinski definition) is 1. The maximum absolute atomic E-state index is 11.9. The Bertz CT molecular complexity index is 260. The van der Waals surface area contributed by atoms with Crippen molar-refractivity contribution in [2.45, 2.75) is 58.4 Å². The number of likely N-dealkylation sites (N-methyl/N-ethyl adjacent to an activating group) is 1. The third-order valence-electron chi connectivity index (χ3n) is 3.99. The molecule has 17 heavy (non-hydrogen) atoms. The Morgan fingerprint density at radius 1 is 1.18 bits per heavy atom. The van der Waals surface area contributed by atoms with E-state index in [-0.39, 0.29) is 16.9 Å². The molecule has 1 aliphatic carbocycles. The van der Waals surface area contributed by atoms with Crippen LogP contribution >= 0.6 is 0 Å². The summed E-state index contributed by atoms with van der Waals surface area (Å²) < 4.78 is 0. The van der Waals surface area contributed by atoms with Crippen LogP contribution < -0.4 is 5.32 Å². The molecule has 3 heteroatoms. The third kappa shape index (κ3) is 3.70. The van der Waals surface area contributed by atoms with Crippen molar-refractivity contribution in [1.82, 2.24) is 10.2 Å². The molecular formula is C14H28N2O. The molecule has 0 bridgehead atoms. The van der Waals surface area contributed by atoms with Gasteiger partial charge in [0, 0.05) is 17.5 Å². The van der Waals surface area contributed by atoms with Gasteiger partial charge in [-0.2, -0.15) is 0 Å². The molecule has 0 aromatic rings. The van der Waals surface area contributed by atoms with Gasteiger partial charge in [-0.3, -0.25) is 4.79 Å². The molecule has 0 aromatic carbocycles. The number of nitrogens with zero attached hydrogens (tertiary/aromatic N) is 1. The maximum atomic E-state index is 11.9. The Morgan fingerprint density at radius 2 is 1.71 bits per heavy atom. The molecule has 1 fully saturated rings. The van der Waals surface area contributed by atoms with Gasteiger partial charge in [0.1, 0.15) is 0 Å². The average Bonchev–Trinajstić information content (AvgIpc) is 2.25. The zero-order chi connectivity index (χ0) is 13.1. The monoisotopic (exact) mass is 240 g/mol. The Labute approximate surface area is 106 Å². The van der Waals surface area contributed by atoms with E-state index in [1.54, 1.807) is 0 Å². The van der Waals surface area contributed by atoms with Crippen LogP contribution in [0.2, 0.25) is 0 Å². The third-order valence-corrected chi connectivity index (χ3v) is 3.99. The predicted molar refractivity (Wildman–Crippen MR) is 72.0 cm³/mol. The van der Waals surface area contributed by atoms with Gasteiger partial charge in [0.2, 0.25) is 5.91 Å². The fraction of sp³-hybridized carbons (Fsp3) is 0.929. The lowest BCUT2D eigenvalue weighted by atomic mass is 9.80. The highest BCUT2D eigenvalue weighted by molar-refractivity contribution is 5.81. The first-order valence-corrected chi connectivity index (χ1v) is 6.74. The number of rotatable bonds is 3. The Kier molecular flexibility index (Phi) is 4.59. The van der Waals surface area contributed by atoms with Crippen LogP contribution in [0.15, 0.2) is 0 Å². The second-order valence-electron chi connectivity index (χ2n) is 6.61. The number of carbonyl (C=O) groups excluding carboxylic acids is 1. The quantitative estimate of drug-likeness (QED) is 0.821. The highest BCUT2D eigenvalue weighted by Gasteiger charge is 2.35. The number of hydrogen-bond acceptors (Lipinski definition) is 2. The summed E-state index contributed by atoms with van der Waals surface area (Å²) in [7, 11) is 4.27. The molecule has 1 saturated carbocycles. The van der Waals surface area contributed by atoms with E-state index in [9.17, 15) is 4.79 Å². The molecule has 1 amide bonds. The molecule has 0 aliphatic heterocycles. The molecule has 0 radical (unpaired) electrons. The van der Waals surface area contributed by atoms with Crippen LogP contribution in [0.4, 0.5) is 0 Å². The summed E-state index contributed by atoms with van der Waals surface area (Å²) >= 11 is 0. The van der Waals surface area contributed by atoms with Crippen LogP contribution in [-0.2, 0) is 4.79 Å². The summed E-state index contributed by atoms with van der Waals surface area (Å²) in [5.41, 5.74) is -0.110. The van der Waals surface area contributed by atoms with Gasteiger partial charge >= 0.3 is 0 Å². The lowest BCUT2D eigenvalue weighted by Crippen LogP contribution is -2.55.